The monoisotopic (exact) mass is 330 g/mol. The Kier molecular flexibility index (Phi) is 3.98. The lowest BCUT2D eigenvalue weighted by Gasteiger charge is -1.99. The molecule has 0 aliphatic carbocycles. The Morgan fingerprint density at radius 2 is 2.28 bits per heavy atom. The highest BCUT2D eigenvalue weighted by Gasteiger charge is 2.18. The van der Waals surface area contributed by atoms with Gasteiger partial charge >= 0.3 is 11.9 Å². The van der Waals surface area contributed by atoms with E-state index >= 15 is 0 Å². The highest BCUT2D eigenvalue weighted by atomic mass is 79.9. The van der Waals surface area contributed by atoms with E-state index in [0.717, 1.165) is 4.47 Å². The lowest BCUT2D eigenvalue weighted by molar-refractivity contribution is 0.0481. The van der Waals surface area contributed by atoms with E-state index in [0.29, 0.717) is 10.6 Å². The minimum Gasteiger partial charge on any atom is -0.459 e. The molecular formula is C11H8BrClN2O3. The van der Waals surface area contributed by atoms with E-state index in [2.05, 4.69) is 26.1 Å². The van der Waals surface area contributed by atoms with Gasteiger partial charge in [-0.05, 0) is 41.1 Å². The number of carbonyl (C=O) groups excluding carboxylic acids is 1. The number of aromatic nitrogens is 2. The van der Waals surface area contributed by atoms with Crippen LogP contribution in [-0.2, 0) is 4.74 Å². The molecule has 0 amide bonds. The third-order valence-corrected chi connectivity index (χ3v) is 2.96. The molecule has 1 aromatic carbocycles. The van der Waals surface area contributed by atoms with Gasteiger partial charge in [-0.2, -0.15) is 0 Å². The number of carbonyl (C=O) groups is 1. The van der Waals surface area contributed by atoms with Gasteiger partial charge in [0.15, 0.2) is 0 Å². The van der Waals surface area contributed by atoms with Crippen LogP contribution in [0.15, 0.2) is 27.1 Å². The fourth-order valence-electron chi connectivity index (χ4n) is 1.27. The number of benzene rings is 1. The molecule has 0 bridgehead atoms. The maximum absolute atomic E-state index is 11.4. The Morgan fingerprint density at radius 3 is 3.00 bits per heavy atom. The van der Waals surface area contributed by atoms with Crippen molar-refractivity contribution in [1.29, 1.82) is 0 Å². The van der Waals surface area contributed by atoms with Crippen molar-refractivity contribution < 1.29 is 13.9 Å². The van der Waals surface area contributed by atoms with Gasteiger partial charge in [-0.1, -0.05) is 11.6 Å². The van der Waals surface area contributed by atoms with Gasteiger partial charge < -0.3 is 9.15 Å². The molecule has 0 spiro atoms. The van der Waals surface area contributed by atoms with E-state index < -0.39 is 5.97 Å². The number of nitrogens with zero attached hydrogens (tertiary/aromatic N) is 2. The second kappa shape index (κ2) is 5.49. The zero-order valence-electron chi connectivity index (χ0n) is 9.31. The molecule has 0 saturated heterocycles. The average Bonchev–Trinajstić information content (AvgIpc) is 2.82. The first-order valence-corrected chi connectivity index (χ1v) is 6.25. The molecule has 2 rings (SSSR count). The second-order valence-corrected chi connectivity index (χ2v) is 4.55. The van der Waals surface area contributed by atoms with Crippen molar-refractivity contribution in [3.05, 3.63) is 33.6 Å². The minimum atomic E-state index is -0.644. The number of halogens is 2. The van der Waals surface area contributed by atoms with E-state index in [1.807, 2.05) is 0 Å². The normalized spacial score (nSPS) is 10.4. The summed E-state index contributed by atoms with van der Waals surface area (Å²) in [6.07, 6.45) is 0. The molecule has 0 fully saturated rings. The van der Waals surface area contributed by atoms with Gasteiger partial charge in [0, 0.05) is 9.50 Å². The largest absolute Gasteiger partial charge is 0.459 e. The summed E-state index contributed by atoms with van der Waals surface area (Å²) in [5.74, 6) is -0.624. The van der Waals surface area contributed by atoms with E-state index in [4.69, 9.17) is 20.8 Å². The zero-order chi connectivity index (χ0) is 13.1. The number of ether oxygens (including phenoxy) is 1. The molecule has 5 nitrogen and oxygen atoms in total. The van der Waals surface area contributed by atoms with Crippen molar-refractivity contribution in [2.75, 3.05) is 6.61 Å². The van der Waals surface area contributed by atoms with Crippen molar-refractivity contribution in [2.24, 2.45) is 0 Å². The quantitative estimate of drug-likeness (QED) is 0.807. The summed E-state index contributed by atoms with van der Waals surface area (Å²) in [6, 6.07) is 5.14. The van der Waals surface area contributed by atoms with Crippen molar-refractivity contribution in [2.45, 2.75) is 6.92 Å². The van der Waals surface area contributed by atoms with Gasteiger partial charge in [-0.15, -0.1) is 10.2 Å². The van der Waals surface area contributed by atoms with Gasteiger partial charge in [-0.25, -0.2) is 4.79 Å². The van der Waals surface area contributed by atoms with Crippen LogP contribution in [-0.4, -0.2) is 22.8 Å². The third-order valence-electron chi connectivity index (χ3n) is 2.03. The highest BCUT2D eigenvalue weighted by molar-refractivity contribution is 9.10. The maximum Gasteiger partial charge on any atom is 0.396 e. The molecule has 0 radical (unpaired) electrons. The standard InChI is InChI=1S/C11H8BrClN2O3/c1-2-17-11(16)10-15-14-9(18-10)7-5-6(13)3-4-8(7)12/h3-5H,2H2,1H3. The van der Waals surface area contributed by atoms with Gasteiger partial charge in [0.05, 0.1) is 12.2 Å². The predicted octanol–water partition coefficient (Wildman–Crippen LogP) is 3.33. The molecule has 0 aliphatic rings. The van der Waals surface area contributed by atoms with E-state index in [-0.39, 0.29) is 18.4 Å². The summed E-state index contributed by atoms with van der Waals surface area (Å²) in [7, 11) is 0. The van der Waals surface area contributed by atoms with Crippen molar-refractivity contribution in [3.63, 3.8) is 0 Å². The fraction of sp³-hybridized carbons (Fsp3) is 0.182. The van der Waals surface area contributed by atoms with Crippen LogP contribution >= 0.6 is 27.5 Å². The van der Waals surface area contributed by atoms with Gasteiger partial charge in [0.25, 0.3) is 0 Å². The highest BCUT2D eigenvalue weighted by Crippen LogP contribution is 2.29. The summed E-state index contributed by atoms with van der Waals surface area (Å²) in [5.41, 5.74) is 0.616. The van der Waals surface area contributed by atoms with Gasteiger partial charge in [0.1, 0.15) is 0 Å². The van der Waals surface area contributed by atoms with E-state index in [1.54, 1.807) is 25.1 Å². The predicted molar refractivity (Wildman–Crippen MR) is 68.4 cm³/mol. The minimum absolute atomic E-state index is 0.182. The first-order chi connectivity index (χ1) is 8.61. The number of esters is 1. The molecule has 94 valence electrons. The molecule has 18 heavy (non-hydrogen) atoms. The molecule has 0 unspecified atom stereocenters. The van der Waals surface area contributed by atoms with E-state index in [9.17, 15) is 4.79 Å². The Balaban J connectivity index is 2.35. The number of hydrogen-bond acceptors (Lipinski definition) is 5. The third kappa shape index (κ3) is 2.70. The number of hydrogen-bond donors (Lipinski definition) is 0. The first-order valence-electron chi connectivity index (χ1n) is 5.08. The average molecular weight is 332 g/mol. The smallest absolute Gasteiger partial charge is 0.396 e. The Hall–Kier alpha value is -1.40. The molecule has 0 atom stereocenters. The molecule has 7 heteroatoms. The lowest BCUT2D eigenvalue weighted by Crippen LogP contribution is -2.04. The topological polar surface area (TPSA) is 65.2 Å². The van der Waals surface area contributed by atoms with Crippen LogP contribution in [0.1, 0.15) is 17.6 Å². The van der Waals surface area contributed by atoms with Crippen LogP contribution in [0.2, 0.25) is 5.02 Å². The molecule has 0 saturated carbocycles. The molecule has 0 aliphatic heterocycles. The van der Waals surface area contributed by atoms with Crippen LogP contribution in [0.4, 0.5) is 0 Å². The number of rotatable bonds is 3. The Morgan fingerprint density at radius 1 is 1.50 bits per heavy atom. The summed E-state index contributed by atoms with van der Waals surface area (Å²) in [4.78, 5) is 11.4. The van der Waals surface area contributed by atoms with Crippen molar-refractivity contribution in [3.8, 4) is 11.5 Å². The second-order valence-electron chi connectivity index (χ2n) is 3.26. The van der Waals surface area contributed by atoms with Gasteiger partial charge in [0.2, 0.25) is 5.89 Å². The van der Waals surface area contributed by atoms with Crippen LogP contribution < -0.4 is 0 Å². The summed E-state index contributed by atoms with van der Waals surface area (Å²) >= 11 is 9.23. The van der Waals surface area contributed by atoms with Crippen LogP contribution in [0.25, 0.3) is 11.5 Å². The summed E-state index contributed by atoms with van der Waals surface area (Å²) in [6.45, 7) is 1.94. The molecule has 1 heterocycles. The van der Waals surface area contributed by atoms with Crippen LogP contribution in [0, 0.1) is 0 Å². The lowest BCUT2D eigenvalue weighted by atomic mass is 10.2. The van der Waals surface area contributed by atoms with Crippen LogP contribution in [0.3, 0.4) is 0 Å². The van der Waals surface area contributed by atoms with Crippen molar-refractivity contribution >= 4 is 33.5 Å². The Bertz CT molecular complexity index is 585. The summed E-state index contributed by atoms with van der Waals surface area (Å²) in [5, 5.41) is 7.94. The van der Waals surface area contributed by atoms with Crippen LogP contribution in [0.5, 0.6) is 0 Å². The Labute approximate surface area is 116 Å². The maximum atomic E-state index is 11.4. The zero-order valence-corrected chi connectivity index (χ0v) is 11.7. The van der Waals surface area contributed by atoms with Crippen molar-refractivity contribution in [1.82, 2.24) is 10.2 Å². The molecule has 1 aromatic heterocycles. The summed E-state index contributed by atoms with van der Waals surface area (Å²) < 4.78 is 10.7. The van der Waals surface area contributed by atoms with Gasteiger partial charge in [-0.3, -0.25) is 0 Å². The molecule has 2 aromatic rings. The van der Waals surface area contributed by atoms with E-state index in [1.165, 1.54) is 0 Å². The fourth-order valence-corrected chi connectivity index (χ4v) is 1.86. The SMILES string of the molecule is CCOC(=O)c1nnc(-c2cc(Cl)ccc2Br)o1. The molecule has 0 N–H and O–H groups in total. The molecular weight excluding hydrogens is 323 g/mol. The first kappa shape index (κ1) is 13.0.